The molecule has 0 aliphatic carbocycles. The zero-order chi connectivity index (χ0) is 13.0. The Bertz CT molecular complexity index is 477. The second kappa shape index (κ2) is 5.20. The first-order valence-corrected chi connectivity index (χ1v) is 4.57. The predicted molar refractivity (Wildman–Crippen MR) is 55.8 cm³/mol. The van der Waals surface area contributed by atoms with E-state index in [1.165, 1.54) is 0 Å². The Morgan fingerprint density at radius 3 is 2.18 bits per heavy atom. The van der Waals surface area contributed by atoms with E-state index in [0.717, 1.165) is 25.1 Å². The molecule has 1 aromatic carbocycles. The number of halogens is 2. The van der Waals surface area contributed by atoms with Crippen molar-refractivity contribution in [3.63, 3.8) is 0 Å². The number of rotatable bonds is 3. The van der Waals surface area contributed by atoms with Gasteiger partial charge in [-0.3, -0.25) is 4.79 Å². The molecule has 0 unspecified atom stereocenters. The van der Waals surface area contributed by atoms with Gasteiger partial charge in [-0.05, 0) is 23.8 Å². The lowest BCUT2D eigenvalue weighted by Crippen LogP contribution is -2.24. The van der Waals surface area contributed by atoms with Crippen LogP contribution in [0, 0.1) is 11.6 Å². The molecular formula is C11H9F2NO3. The Labute approximate surface area is 95.6 Å². The molecule has 2 N–H and O–H groups in total. The summed E-state index contributed by atoms with van der Waals surface area (Å²) in [5.74, 6) is -3.65. The first kappa shape index (κ1) is 12.8. The highest BCUT2D eigenvalue weighted by atomic mass is 19.1. The van der Waals surface area contributed by atoms with Crippen molar-refractivity contribution in [3.05, 3.63) is 41.1 Å². The van der Waals surface area contributed by atoms with Crippen LogP contribution < -0.4 is 5.32 Å². The Morgan fingerprint density at radius 1 is 1.24 bits per heavy atom. The van der Waals surface area contributed by atoms with Gasteiger partial charge in [-0.1, -0.05) is 0 Å². The molecule has 17 heavy (non-hydrogen) atoms. The fraction of sp³-hybridized carbons (Fsp3) is 0.0909. The van der Waals surface area contributed by atoms with Crippen molar-refractivity contribution in [2.24, 2.45) is 0 Å². The van der Waals surface area contributed by atoms with E-state index < -0.39 is 29.2 Å². The van der Waals surface area contributed by atoms with Gasteiger partial charge in [0.05, 0.1) is 0 Å². The molecule has 0 saturated carbocycles. The molecule has 0 aromatic heterocycles. The van der Waals surface area contributed by atoms with Gasteiger partial charge in [-0.15, -0.1) is 0 Å². The summed E-state index contributed by atoms with van der Waals surface area (Å²) >= 11 is 0. The lowest BCUT2D eigenvalue weighted by molar-refractivity contribution is -0.134. The summed E-state index contributed by atoms with van der Waals surface area (Å²) in [6.07, 6.45) is 0.968. The van der Waals surface area contributed by atoms with Gasteiger partial charge in [0.2, 0.25) is 5.91 Å². The third kappa shape index (κ3) is 4.02. The third-order valence-corrected chi connectivity index (χ3v) is 1.74. The van der Waals surface area contributed by atoms with Crippen LogP contribution >= 0.6 is 0 Å². The number of carboxylic acid groups (broad SMARTS) is 1. The zero-order valence-electron chi connectivity index (χ0n) is 8.83. The number of hydrogen-bond acceptors (Lipinski definition) is 2. The van der Waals surface area contributed by atoms with Crippen molar-refractivity contribution in [2.45, 2.75) is 6.92 Å². The van der Waals surface area contributed by atoms with Gasteiger partial charge in [0, 0.05) is 13.0 Å². The van der Waals surface area contributed by atoms with Crippen LogP contribution in [0.3, 0.4) is 0 Å². The zero-order valence-corrected chi connectivity index (χ0v) is 8.83. The van der Waals surface area contributed by atoms with E-state index in [1.54, 1.807) is 0 Å². The fourth-order valence-electron chi connectivity index (χ4n) is 1.17. The highest BCUT2D eigenvalue weighted by molar-refractivity contribution is 5.96. The molecule has 4 nitrogen and oxygen atoms in total. The Kier molecular flexibility index (Phi) is 3.92. The van der Waals surface area contributed by atoms with Crippen LogP contribution in [0.25, 0.3) is 6.08 Å². The summed E-state index contributed by atoms with van der Waals surface area (Å²) < 4.78 is 25.7. The number of nitrogens with one attached hydrogen (secondary N) is 1. The summed E-state index contributed by atoms with van der Waals surface area (Å²) in [5.41, 5.74) is -0.448. The van der Waals surface area contributed by atoms with Gasteiger partial charge < -0.3 is 10.4 Å². The maximum absolute atomic E-state index is 12.8. The summed E-state index contributed by atoms with van der Waals surface area (Å²) in [5, 5.41) is 10.8. The molecule has 0 heterocycles. The van der Waals surface area contributed by atoms with Gasteiger partial charge in [0.25, 0.3) is 0 Å². The molecule has 1 rings (SSSR count). The van der Waals surface area contributed by atoms with Gasteiger partial charge in [0.1, 0.15) is 17.3 Å². The van der Waals surface area contributed by atoms with E-state index in [4.69, 9.17) is 5.11 Å². The van der Waals surface area contributed by atoms with Crippen molar-refractivity contribution in [1.29, 1.82) is 0 Å². The maximum Gasteiger partial charge on any atom is 0.352 e. The molecule has 0 radical (unpaired) electrons. The van der Waals surface area contributed by atoms with E-state index in [0.29, 0.717) is 6.07 Å². The van der Waals surface area contributed by atoms with E-state index in [2.05, 4.69) is 0 Å². The van der Waals surface area contributed by atoms with E-state index in [9.17, 15) is 18.4 Å². The quantitative estimate of drug-likeness (QED) is 0.788. The van der Waals surface area contributed by atoms with Crippen LogP contribution in [0.4, 0.5) is 8.78 Å². The molecule has 0 atom stereocenters. The summed E-state index contributed by atoms with van der Waals surface area (Å²) in [4.78, 5) is 21.5. The van der Waals surface area contributed by atoms with Crippen molar-refractivity contribution in [1.82, 2.24) is 5.32 Å². The number of carboxylic acids is 1. The topological polar surface area (TPSA) is 66.4 Å². The number of hydrogen-bond donors (Lipinski definition) is 2. The first-order valence-electron chi connectivity index (χ1n) is 4.57. The largest absolute Gasteiger partial charge is 0.477 e. The van der Waals surface area contributed by atoms with Gasteiger partial charge in [0.15, 0.2) is 0 Å². The molecule has 0 fully saturated rings. The van der Waals surface area contributed by atoms with E-state index >= 15 is 0 Å². The summed E-state index contributed by atoms with van der Waals surface area (Å²) in [6, 6.07) is 2.57. The van der Waals surface area contributed by atoms with Crippen molar-refractivity contribution < 1.29 is 23.5 Å². The summed E-state index contributed by atoms with van der Waals surface area (Å²) in [6.45, 7) is 1.13. The van der Waals surface area contributed by atoms with Gasteiger partial charge in [-0.2, -0.15) is 0 Å². The maximum atomic E-state index is 12.8. The van der Waals surface area contributed by atoms with Crippen LogP contribution in [-0.4, -0.2) is 17.0 Å². The van der Waals surface area contributed by atoms with Crippen LogP contribution in [0.2, 0.25) is 0 Å². The lowest BCUT2D eigenvalue weighted by Gasteiger charge is -2.03. The van der Waals surface area contributed by atoms with Crippen LogP contribution in [0.15, 0.2) is 23.9 Å². The molecular weight excluding hydrogens is 232 g/mol. The minimum Gasteiger partial charge on any atom is -0.477 e. The molecule has 6 heteroatoms. The smallest absolute Gasteiger partial charge is 0.352 e. The molecule has 0 aliphatic rings. The normalized spacial score (nSPS) is 11.1. The Morgan fingerprint density at radius 2 is 1.76 bits per heavy atom. The monoisotopic (exact) mass is 241 g/mol. The number of amides is 1. The van der Waals surface area contributed by atoms with Crippen molar-refractivity contribution in [2.75, 3.05) is 0 Å². The van der Waals surface area contributed by atoms with Crippen LogP contribution in [0.5, 0.6) is 0 Å². The third-order valence-electron chi connectivity index (χ3n) is 1.74. The SMILES string of the molecule is CC(=O)NC(=Cc1cc(F)cc(F)c1)C(=O)O. The average molecular weight is 241 g/mol. The fourth-order valence-corrected chi connectivity index (χ4v) is 1.17. The molecule has 1 aromatic rings. The second-order valence-electron chi connectivity index (χ2n) is 3.25. The van der Waals surface area contributed by atoms with Crippen LogP contribution in [0.1, 0.15) is 12.5 Å². The number of aliphatic carboxylic acids is 1. The Balaban J connectivity index is 3.12. The van der Waals surface area contributed by atoms with E-state index in [1.807, 2.05) is 5.32 Å². The van der Waals surface area contributed by atoms with Crippen molar-refractivity contribution in [3.8, 4) is 0 Å². The molecule has 1 amide bonds. The average Bonchev–Trinajstić information content (AvgIpc) is 2.13. The predicted octanol–water partition coefficient (Wildman–Crippen LogP) is 1.53. The highest BCUT2D eigenvalue weighted by Gasteiger charge is 2.09. The first-order chi connectivity index (χ1) is 7.88. The number of carbonyl (C=O) groups excluding carboxylic acids is 1. The highest BCUT2D eigenvalue weighted by Crippen LogP contribution is 2.11. The number of carbonyl (C=O) groups is 2. The molecule has 0 saturated heterocycles. The lowest BCUT2D eigenvalue weighted by atomic mass is 10.2. The molecule has 0 spiro atoms. The standard InChI is InChI=1S/C11H9F2NO3/c1-6(15)14-10(11(16)17)4-7-2-8(12)5-9(13)3-7/h2-5H,1H3,(H,14,15)(H,16,17). The molecule has 90 valence electrons. The van der Waals surface area contributed by atoms with Gasteiger partial charge in [-0.25, -0.2) is 13.6 Å². The van der Waals surface area contributed by atoms with Crippen LogP contribution in [-0.2, 0) is 9.59 Å². The molecule has 0 bridgehead atoms. The number of benzene rings is 1. The van der Waals surface area contributed by atoms with Gasteiger partial charge >= 0.3 is 5.97 Å². The minimum absolute atomic E-state index is 0.00801. The van der Waals surface area contributed by atoms with E-state index in [-0.39, 0.29) is 5.56 Å². The summed E-state index contributed by atoms with van der Waals surface area (Å²) in [7, 11) is 0. The van der Waals surface area contributed by atoms with Crippen molar-refractivity contribution >= 4 is 18.0 Å². The minimum atomic E-state index is -1.40. The second-order valence-corrected chi connectivity index (χ2v) is 3.25. The molecule has 0 aliphatic heterocycles. The Hall–Kier alpha value is -2.24.